The molecule has 0 bridgehead atoms. The molecule has 1 aliphatic heterocycles. The van der Waals surface area contributed by atoms with Crippen LogP contribution in [0, 0.1) is 6.92 Å². The third-order valence-electron chi connectivity index (χ3n) is 4.98. The highest BCUT2D eigenvalue weighted by atomic mass is 35.5. The lowest BCUT2D eigenvalue weighted by Gasteiger charge is -2.32. The highest BCUT2D eigenvalue weighted by Crippen LogP contribution is 2.15. The molecule has 28 heavy (non-hydrogen) atoms. The van der Waals surface area contributed by atoms with Gasteiger partial charge in [-0.25, -0.2) is 17.9 Å². The zero-order valence-electron chi connectivity index (χ0n) is 16.3. The minimum Gasteiger partial charge on any atom is -0.285 e. The molecule has 154 valence electrons. The largest absolute Gasteiger partial charge is 0.334 e. The number of nitrogens with one attached hydrogen (secondary N) is 1. The Morgan fingerprint density at radius 3 is 2.43 bits per heavy atom. The molecule has 1 fully saturated rings. The normalized spacial score (nSPS) is 16.5. The van der Waals surface area contributed by atoms with Gasteiger partial charge in [-0.1, -0.05) is 18.5 Å². The molecule has 1 N–H and O–H groups in total. The summed E-state index contributed by atoms with van der Waals surface area (Å²) in [5.74, 6) is 0.167. The quantitative estimate of drug-likeness (QED) is 0.737. The van der Waals surface area contributed by atoms with Crippen LogP contribution in [-0.4, -0.2) is 47.3 Å². The van der Waals surface area contributed by atoms with Crippen LogP contribution >= 0.6 is 11.6 Å². The van der Waals surface area contributed by atoms with E-state index >= 15 is 0 Å². The van der Waals surface area contributed by atoms with E-state index in [-0.39, 0.29) is 17.5 Å². The maximum Gasteiger partial charge on any atom is 0.334 e. The van der Waals surface area contributed by atoms with E-state index in [1.54, 1.807) is 21.3 Å². The molecule has 3 rings (SSSR count). The number of aryl methyl sites for hydroxylation is 1. The molecule has 0 atom stereocenters. The first-order valence-electron chi connectivity index (χ1n) is 9.56. The first-order chi connectivity index (χ1) is 13.3. The average molecular weight is 427 g/mol. The lowest BCUT2D eigenvalue weighted by molar-refractivity contribution is 0.164. The molecule has 0 radical (unpaired) electrons. The monoisotopic (exact) mass is 426 g/mol. The van der Waals surface area contributed by atoms with Crippen LogP contribution in [0.25, 0.3) is 5.69 Å². The molecule has 0 spiro atoms. The van der Waals surface area contributed by atoms with Crippen LogP contribution in [0.1, 0.15) is 31.9 Å². The van der Waals surface area contributed by atoms with E-state index in [0.717, 1.165) is 37.3 Å². The van der Waals surface area contributed by atoms with Gasteiger partial charge in [0.15, 0.2) is 0 Å². The molecule has 1 aliphatic rings. The molecular formula is C19H27ClN4O3S. The van der Waals surface area contributed by atoms with Gasteiger partial charge in [-0.2, -0.15) is 0 Å². The van der Waals surface area contributed by atoms with Crippen molar-refractivity contribution in [2.24, 2.45) is 0 Å². The third kappa shape index (κ3) is 5.05. The van der Waals surface area contributed by atoms with Crippen molar-refractivity contribution < 1.29 is 8.42 Å². The van der Waals surface area contributed by atoms with Crippen LogP contribution in [0.15, 0.2) is 35.3 Å². The summed E-state index contributed by atoms with van der Waals surface area (Å²) >= 11 is 5.94. The molecule has 0 unspecified atom stereocenters. The minimum atomic E-state index is -3.19. The zero-order chi connectivity index (χ0) is 20.3. The first kappa shape index (κ1) is 21.1. The fourth-order valence-corrected chi connectivity index (χ4v) is 5.14. The lowest BCUT2D eigenvalue weighted by Crippen LogP contribution is -2.46. The number of nitrogens with zero attached hydrogens (tertiary/aromatic N) is 3. The topological polar surface area (TPSA) is 76.3 Å². The second-order valence-corrected chi connectivity index (χ2v) is 9.62. The summed E-state index contributed by atoms with van der Waals surface area (Å²) in [6.07, 6.45) is 3.96. The Bertz CT molecular complexity index is 958. The summed E-state index contributed by atoms with van der Waals surface area (Å²) in [7, 11) is -3.19. The van der Waals surface area contributed by atoms with Gasteiger partial charge in [-0.15, -0.1) is 0 Å². The molecule has 2 aromatic rings. The van der Waals surface area contributed by atoms with E-state index in [0.29, 0.717) is 18.1 Å². The van der Waals surface area contributed by atoms with Gasteiger partial charge in [-0.3, -0.25) is 14.0 Å². The van der Waals surface area contributed by atoms with Crippen molar-refractivity contribution >= 4 is 21.6 Å². The molecule has 2 heterocycles. The maximum absolute atomic E-state index is 12.8. The average Bonchev–Trinajstić information content (AvgIpc) is 2.91. The molecular weight excluding hydrogens is 400 g/mol. The second-order valence-electron chi connectivity index (χ2n) is 7.31. The second kappa shape index (κ2) is 8.82. The maximum atomic E-state index is 12.8. The molecule has 1 aromatic carbocycles. The highest BCUT2D eigenvalue weighted by Gasteiger charge is 2.23. The Labute approximate surface area is 171 Å². The number of benzene rings is 1. The molecule has 0 saturated carbocycles. The van der Waals surface area contributed by atoms with Crippen LogP contribution < -0.4 is 10.4 Å². The molecule has 0 amide bonds. The van der Waals surface area contributed by atoms with Gasteiger partial charge in [-0.05, 0) is 50.5 Å². The summed E-state index contributed by atoms with van der Waals surface area (Å²) in [5, 5.41) is 0.631. The Hall–Kier alpha value is -1.61. The Kier molecular flexibility index (Phi) is 6.65. The summed E-state index contributed by atoms with van der Waals surface area (Å²) in [6.45, 7) is 5.75. The van der Waals surface area contributed by atoms with E-state index in [2.05, 4.69) is 9.62 Å². The molecule has 1 saturated heterocycles. The standard InChI is InChI=1S/C19H27ClN4O3S/c1-3-12-28(26,27)21-17-8-10-22(11-9-17)14-23-13-15(2)24(19(23)25)18-6-4-16(20)5-7-18/h4-7,13,17,21H,3,8-12,14H2,1-2H3. The van der Waals surface area contributed by atoms with Crippen molar-refractivity contribution in [2.45, 2.75) is 45.8 Å². The Morgan fingerprint density at radius 2 is 1.82 bits per heavy atom. The number of aromatic nitrogens is 2. The predicted octanol–water partition coefficient (Wildman–Crippen LogP) is 2.35. The van der Waals surface area contributed by atoms with Crippen LogP contribution in [0.3, 0.4) is 0 Å². The summed E-state index contributed by atoms with van der Waals surface area (Å²) < 4.78 is 30.0. The Morgan fingerprint density at radius 1 is 1.18 bits per heavy atom. The van der Waals surface area contributed by atoms with Crippen LogP contribution in [0.5, 0.6) is 0 Å². The van der Waals surface area contributed by atoms with Crippen molar-refractivity contribution in [3.8, 4) is 5.69 Å². The lowest BCUT2D eigenvalue weighted by atomic mass is 10.1. The molecule has 0 aliphatic carbocycles. The number of likely N-dealkylation sites (tertiary alicyclic amines) is 1. The zero-order valence-corrected chi connectivity index (χ0v) is 17.8. The number of hydrogen-bond donors (Lipinski definition) is 1. The summed E-state index contributed by atoms with van der Waals surface area (Å²) in [5.41, 5.74) is 1.55. The van der Waals surface area contributed by atoms with Gasteiger partial charge in [0.1, 0.15) is 0 Å². The van der Waals surface area contributed by atoms with E-state index in [1.165, 1.54) is 0 Å². The van der Waals surface area contributed by atoms with Gasteiger partial charge in [0.2, 0.25) is 10.0 Å². The van der Waals surface area contributed by atoms with Gasteiger partial charge in [0, 0.05) is 36.0 Å². The predicted molar refractivity (Wildman–Crippen MR) is 112 cm³/mol. The fourth-order valence-electron chi connectivity index (χ4n) is 3.61. The smallest absolute Gasteiger partial charge is 0.285 e. The van der Waals surface area contributed by atoms with E-state index in [1.807, 2.05) is 32.2 Å². The van der Waals surface area contributed by atoms with Gasteiger partial charge in [0.25, 0.3) is 0 Å². The minimum absolute atomic E-state index is 0.0232. The van der Waals surface area contributed by atoms with Crippen molar-refractivity contribution in [3.05, 3.63) is 51.7 Å². The first-order valence-corrected chi connectivity index (χ1v) is 11.6. The summed E-state index contributed by atoms with van der Waals surface area (Å²) in [6, 6.07) is 7.17. The van der Waals surface area contributed by atoms with E-state index < -0.39 is 10.0 Å². The number of hydrogen-bond acceptors (Lipinski definition) is 4. The SMILES string of the molecule is CCCS(=O)(=O)NC1CCN(Cn2cc(C)n(-c3ccc(Cl)cc3)c2=O)CC1. The van der Waals surface area contributed by atoms with Gasteiger partial charge >= 0.3 is 5.69 Å². The highest BCUT2D eigenvalue weighted by molar-refractivity contribution is 7.89. The summed E-state index contributed by atoms with van der Waals surface area (Å²) in [4.78, 5) is 15.0. The number of rotatable bonds is 7. The van der Waals surface area contributed by atoms with Crippen LogP contribution in [0.2, 0.25) is 5.02 Å². The van der Waals surface area contributed by atoms with Crippen LogP contribution in [0.4, 0.5) is 0 Å². The van der Waals surface area contributed by atoms with Crippen molar-refractivity contribution in [1.29, 1.82) is 0 Å². The number of piperidine rings is 1. The fraction of sp³-hybridized carbons (Fsp3) is 0.526. The van der Waals surface area contributed by atoms with Gasteiger partial charge in [0.05, 0.1) is 18.1 Å². The van der Waals surface area contributed by atoms with Gasteiger partial charge < -0.3 is 0 Å². The molecule has 9 heteroatoms. The molecule has 7 nitrogen and oxygen atoms in total. The van der Waals surface area contributed by atoms with E-state index in [4.69, 9.17) is 11.6 Å². The van der Waals surface area contributed by atoms with Crippen LogP contribution in [-0.2, 0) is 16.7 Å². The van der Waals surface area contributed by atoms with Crippen molar-refractivity contribution in [2.75, 3.05) is 18.8 Å². The Balaban J connectivity index is 1.64. The number of imidazole rings is 1. The van der Waals surface area contributed by atoms with Crippen molar-refractivity contribution in [1.82, 2.24) is 18.8 Å². The number of halogens is 1. The third-order valence-corrected chi connectivity index (χ3v) is 6.87. The molecule has 1 aromatic heterocycles. The van der Waals surface area contributed by atoms with E-state index in [9.17, 15) is 13.2 Å². The number of sulfonamides is 1. The van der Waals surface area contributed by atoms with Crippen molar-refractivity contribution in [3.63, 3.8) is 0 Å².